The molecule has 1 fully saturated rings. The maximum absolute atomic E-state index is 10.4. The lowest BCUT2D eigenvalue weighted by Crippen LogP contribution is -2.40. The zero-order chi connectivity index (χ0) is 18.1. The highest BCUT2D eigenvalue weighted by atomic mass is 16.5. The van der Waals surface area contributed by atoms with Crippen LogP contribution in [0, 0.1) is 0 Å². The predicted molar refractivity (Wildman–Crippen MR) is 103 cm³/mol. The molecule has 0 saturated heterocycles. The lowest BCUT2D eigenvalue weighted by Gasteiger charge is -2.21. The van der Waals surface area contributed by atoms with Crippen molar-refractivity contribution < 1.29 is 9.84 Å². The molecule has 0 radical (unpaired) electrons. The average Bonchev–Trinajstić information content (AvgIpc) is 3.06. The molecule has 0 spiro atoms. The summed E-state index contributed by atoms with van der Waals surface area (Å²) in [6.45, 7) is 6.43. The van der Waals surface area contributed by atoms with Crippen LogP contribution < -0.4 is 15.4 Å². The Labute approximate surface area is 151 Å². The van der Waals surface area contributed by atoms with Gasteiger partial charge in [-0.25, -0.2) is 0 Å². The first-order chi connectivity index (χ1) is 12.1. The van der Waals surface area contributed by atoms with Crippen LogP contribution in [0.2, 0.25) is 0 Å². The molecule has 1 aromatic carbocycles. The molecule has 140 valence electrons. The summed E-state index contributed by atoms with van der Waals surface area (Å²) in [4.78, 5) is 4.59. The van der Waals surface area contributed by atoms with E-state index in [0.29, 0.717) is 12.5 Å². The van der Waals surface area contributed by atoms with Crippen molar-refractivity contribution in [2.75, 3.05) is 26.7 Å². The SMILES string of the molecule is CCNC(=NCC1(O)CCCC1)NCCC(C)c1ccc(OC)cc1. The Morgan fingerprint density at radius 3 is 2.52 bits per heavy atom. The van der Waals surface area contributed by atoms with Gasteiger partial charge in [0.25, 0.3) is 0 Å². The number of rotatable bonds is 8. The first-order valence-electron chi connectivity index (χ1n) is 9.45. The number of aliphatic hydroxyl groups is 1. The number of methoxy groups -OCH3 is 1. The summed E-state index contributed by atoms with van der Waals surface area (Å²) in [5.74, 6) is 2.14. The van der Waals surface area contributed by atoms with Gasteiger partial charge in [0.05, 0.1) is 19.3 Å². The zero-order valence-corrected chi connectivity index (χ0v) is 15.8. The van der Waals surface area contributed by atoms with Crippen molar-refractivity contribution in [3.05, 3.63) is 29.8 Å². The first kappa shape index (κ1) is 19.6. The molecule has 0 aromatic heterocycles. The van der Waals surface area contributed by atoms with Crippen LogP contribution in [0.4, 0.5) is 0 Å². The Hall–Kier alpha value is -1.75. The van der Waals surface area contributed by atoms with E-state index in [1.165, 1.54) is 5.56 Å². The van der Waals surface area contributed by atoms with Crippen molar-refractivity contribution in [1.82, 2.24) is 10.6 Å². The highest BCUT2D eigenvalue weighted by Gasteiger charge is 2.30. The minimum Gasteiger partial charge on any atom is -0.497 e. The normalized spacial score (nSPS) is 18.0. The van der Waals surface area contributed by atoms with Crippen LogP contribution in [0.15, 0.2) is 29.3 Å². The molecular weight excluding hydrogens is 314 g/mol. The number of hydrogen-bond donors (Lipinski definition) is 3. The molecule has 1 aliphatic carbocycles. The van der Waals surface area contributed by atoms with Crippen molar-refractivity contribution in [3.8, 4) is 5.75 Å². The molecule has 5 heteroatoms. The van der Waals surface area contributed by atoms with Gasteiger partial charge in [-0.15, -0.1) is 0 Å². The third-order valence-corrected chi connectivity index (χ3v) is 4.96. The summed E-state index contributed by atoms with van der Waals surface area (Å²) in [5.41, 5.74) is 0.712. The summed E-state index contributed by atoms with van der Waals surface area (Å²) in [7, 11) is 1.69. The van der Waals surface area contributed by atoms with Crippen LogP contribution in [0.1, 0.15) is 57.4 Å². The molecular formula is C20H33N3O2. The topological polar surface area (TPSA) is 65.9 Å². The molecule has 1 unspecified atom stereocenters. The fraction of sp³-hybridized carbons (Fsp3) is 0.650. The van der Waals surface area contributed by atoms with Crippen LogP contribution in [0.25, 0.3) is 0 Å². The molecule has 3 N–H and O–H groups in total. The Balaban J connectivity index is 1.81. The van der Waals surface area contributed by atoms with Crippen molar-refractivity contribution in [2.45, 2.75) is 57.5 Å². The van der Waals surface area contributed by atoms with Gasteiger partial charge in [-0.1, -0.05) is 31.9 Å². The molecule has 1 atom stereocenters. The van der Waals surface area contributed by atoms with Crippen LogP contribution in [0.3, 0.4) is 0 Å². The number of guanidine groups is 1. The Bertz CT molecular complexity index is 536. The number of hydrogen-bond acceptors (Lipinski definition) is 3. The van der Waals surface area contributed by atoms with E-state index in [1.54, 1.807) is 7.11 Å². The molecule has 2 rings (SSSR count). The van der Waals surface area contributed by atoms with Crippen molar-refractivity contribution in [1.29, 1.82) is 0 Å². The number of nitrogens with one attached hydrogen (secondary N) is 2. The van der Waals surface area contributed by atoms with Crippen LogP contribution in [-0.2, 0) is 0 Å². The van der Waals surface area contributed by atoms with Gasteiger partial charge < -0.3 is 20.5 Å². The summed E-state index contributed by atoms with van der Waals surface area (Å²) in [5, 5.41) is 17.1. The van der Waals surface area contributed by atoms with E-state index < -0.39 is 5.60 Å². The third kappa shape index (κ3) is 6.24. The van der Waals surface area contributed by atoms with E-state index in [2.05, 4.69) is 41.6 Å². The van der Waals surface area contributed by atoms with E-state index in [-0.39, 0.29) is 0 Å². The number of benzene rings is 1. The second kappa shape index (κ2) is 9.66. The molecule has 1 aromatic rings. The second-order valence-corrected chi connectivity index (χ2v) is 7.02. The Morgan fingerprint density at radius 2 is 1.92 bits per heavy atom. The minimum absolute atomic E-state index is 0.459. The summed E-state index contributed by atoms with van der Waals surface area (Å²) in [6.07, 6.45) is 4.96. The van der Waals surface area contributed by atoms with Crippen LogP contribution >= 0.6 is 0 Å². The van der Waals surface area contributed by atoms with Crippen molar-refractivity contribution >= 4 is 5.96 Å². The average molecular weight is 348 g/mol. The number of ether oxygens (including phenoxy) is 1. The maximum Gasteiger partial charge on any atom is 0.191 e. The molecule has 1 saturated carbocycles. The standard InChI is InChI=1S/C20H33N3O2/c1-4-21-19(23-15-20(24)12-5-6-13-20)22-14-11-16(2)17-7-9-18(25-3)10-8-17/h7-10,16,24H,4-6,11-15H2,1-3H3,(H2,21,22,23). The molecule has 1 aliphatic rings. The number of nitrogens with zero attached hydrogens (tertiary/aromatic N) is 1. The first-order valence-corrected chi connectivity index (χ1v) is 9.45. The van der Waals surface area contributed by atoms with Crippen LogP contribution in [0.5, 0.6) is 5.75 Å². The monoisotopic (exact) mass is 347 g/mol. The molecule has 25 heavy (non-hydrogen) atoms. The Morgan fingerprint density at radius 1 is 1.24 bits per heavy atom. The van der Waals surface area contributed by atoms with Gasteiger partial charge in [0.2, 0.25) is 0 Å². The van der Waals surface area contributed by atoms with Gasteiger partial charge in [-0.05, 0) is 49.8 Å². The molecule has 0 amide bonds. The largest absolute Gasteiger partial charge is 0.497 e. The van der Waals surface area contributed by atoms with Gasteiger partial charge in [0.15, 0.2) is 5.96 Å². The van der Waals surface area contributed by atoms with Gasteiger partial charge in [-0.2, -0.15) is 0 Å². The number of aliphatic imine (C=N–C) groups is 1. The van der Waals surface area contributed by atoms with E-state index in [1.807, 2.05) is 12.1 Å². The van der Waals surface area contributed by atoms with E-state index >= 15 is 0 Å². The molecule has 5 nitrogen and oxygen atoms in total. The highest BCUT2D eigenvalue weighted by Crippen LogP contribution is 2.29. The molecule has 0 aliphatic heterocycles. The predicted octanol–water partition coefficient (Wildman–Crippen LogP) is 3.05. The van der Waals surface area contributed by atoms with Gasteiger partial charge in [-0.3, -0.25) is 4.99 Å². The minimum atomic E-state index is -0.598. The smallest absolute Gasteiger partial charge is 0.191 e. The highest BCUT2D eigenvalue weighted by molar-refractivity contribution is 5.79. The fourth-order valence-corrected chi connectivity index (χ4v) is 3.27. The summed E-state index contributed by atoms with van der Waals surface area (Å²) < 4.78 is 5.21. The second-order valence-electron chi connectivity index (χ2n) is 7.02. The van der Waals surface area contributed by atoms with E-state index in [0.717, 1.165) is 56.9 Å². The quantitative estimate of drug-likeness (QED) is 0.499. The maximum atomic E-state index is 10.4. The van der Waals surface area contributed by atoms with Crippen molar-refractivity contribution in [2.24, 2.45) is 4.99 Å². The van der Waals surface area contributed by atoms with Crippen LogP contribution in [-0.4, -0.2) is 43.4 Å². The van der Waals surface area contributed by atoms with Crippen molar-refractivity contribution in [3.63, 3.8) is 0 Å². The summed E-state index contributed by atoms with van der Waals surface area (Å²) in [6, 6.07) is 8.26. The van der Waals surface area contributed by atoms with Gasteiger partial charge in [0, 0.05) is 13.1 Å². The van der Waals surface area contributed by atoms with E-state index in [4.69, 9.17) is 4.74 Å². The van der Waals surface area contributed by atoms with Gasteiger partial charge in [0.1, 0.15) is 5.75 Å². The Kier molecular flexibility index (Phi) is 7.56. The lowest BCUT2D eigenvalue weighted by atomic mass is 9.98. The van der Waals surface area contributed by atoms with Gasteiger partial charge >= 0.3 is 0 Å². The fourth-order valence-electron chi connectivity index (χ4n) is 3.27. The van der Waals surface area contributed by atoms with E-state index in [9.17, 15) is 5.11 Å². The third-order valence-electron chi connectivity index (χ3n) is 4.96. The molecule has 0 bridgehead atoms. The lowest BCUT2D eigenvalue weighted by molar-refractivity contribution is 0.0574. The zero-order valence-electron chi connectivity index (χ0n) is 15.8. The molecule has 0 heterocycles. The summed E-state index contributed by atoms with van der Waals surface area (Å²) >= 11 is 0.